The molecule has 18 heavy (non-hydrogen) atoms. The number of carbonyl (C=O) groups is 2. The second kappa shape index (κ2) is 5.77. The van der Waals surface area contributed by atoms with E-state index in [0.29, 0.717) is 5.56 Å². The number of Topliss-reactive ketones (excluding diaryl/α,β-unsaturated/α-hetero) is 1. The van der Waals surface area contributed by atoms with Crippen molar-refractivity contribution >= 4 is 21.6 Å². The summed E-state index contributed by atoms with van der Waals surface area (Å²) in [5.41, 5.74) is 0.599. The molecule has 0 aliphatic heterocycles. The molecule has 0 radical (unpaired) electrons. The molecular formula is C12H14O5S. The quantitative estimate of drug-likeness (QED) is 0.453. The first-order valence-corrected chi connectivity index (χ1v) is 7.37. The molecule has 0 saturated heterocycles. The van der Waals surface area contributed by atoms with Gasteiger partial charge in [-0.05, 0) is 18.6 Å². The van der Waals surface area contributed by atoms with E-state index in [1.54, 1.807) is 13.0 Å². The van der Waals surface area contributed by atoms with Gasteiger partial charge in [-0.2, -0.15) is 0 Å². The minimum absolute atomic E-state index is 0.119. The van der Waals surface area contributed by atoms with Crippen LogP contribution in [0, 0.1) is 0 Å². The maximum absolute atomic E-state index is 11.6. The topological polar surface area (TPSA) is 77.5 Å². The molecule has 0 amide bonds. The van der Waals surface area contributed by atoms with E-state index >= 15 is 0 Å². The molecule has 0 fully saturated rings. The van der Waals surface area contributed by atoms with Crippen LogP contribution in [-0.2, 0) is 25.1 Å². The van der Waals surface area contributed by atoms with Crippen LogP contribution in [0.1, 0.15) is 22.8 Å². The van der Waals surface area contributed by atoms with Crippen molar-refractivity contribution in [3.05, 3.63) is 35.4 Å². The van der Waals surface area contributed by atoms with Gasteiger partial charge in [0.2, 0.25) is 0 Å². The highest BCUT2D eigenvalue weighted by atomic mass is 32.2. The zero-order valence-corrected chi connectivity index (χ0v) is 11.0. The van der Waals surface area contributed by atoms with E-state index in [2.05, 4.69) is 4.74 Å². The van der Waals surface area contributed by atoms with Crippen LogP contribution in [0.4, 0.5) is 0 Å². The molecule has 6 heteroatoms. The fraction of sp³-hybridized carbons (Fsp3) is 0.333. The van der Waals surface area contributed by atoms with Gasteiger partial charge >= 0.3 is 5.97 Å². The van der Waals surface area contributed by atoms with Crippen LogP contribution >= 0.6 is 0 Å². The van der Waals surface area contributed by atoms with Gasteiger partial charge in [0.25, 0.3) is 5.78 Å². The molecule has 1 aromatic rings. The van der Waals surface area contributed by atoms with Gasteiger partial charge in [0.1, 0.15) is 0 Å². The predicted molar refractivity (Wildman–Crippen MR) is 66.0 cm³/mol. The van der Waals surface area contributed by atoms with Gasteiger partial charge in [-0.1, -0.05) is 18.2 Å². The minimum atomic E-state index is -3.18. The maximum atomic E-state index is 11.6. The number of benzene rings is 1. The van der Waals surface area contributed by atoms with Gasteiger partial charge in [-0.3, -0.25) is 4.79 Å². The van der Waals surface area contributed by atoms with E-state index in [1.807, 2.05) is 0 Å². The molecule has 5 nitrogen and oxygen atoms in total. The Balaban J connectivity index is 2.95. The number of ketones is 1. The third-order valence-electron chi connectivity index (χ3n) is 2.08. The van der Waals surface area contributed by atoms with Crippen LogP contribution in [0.5, 0.6) is 0 Å². The molecule has 0 bridgehead atoms. The second-order valence-electron chi connectivity index (χ2n) is 3.82. The van der Waals surface area contributed by atoms with E-state index in [-0.39, 0.29) is 17.9 Å². The zero-order valence-electron chi connectivity index (χ0n) is 10.2. The van der Waals surface area contributed by atoms with Crippen molar-refractivity contribution in [2.75, 3.05) is 12.9 Å². The number of esters is 1. The molecule has 0 aliphatic carbocycles. The molecule has 1 aromatic carbocycles. The Labute approximate surface area is 106 Å². The summed E-state index contributed by atoms with van der Waals surface area (Å²) in [5.74, 6) is -1.88. The molecule has 0 atom stereocenters. The first kappa shape index (κ1) is 14.4. The van der Waals surface area contributed by atoms with Crippen molar-refractivity contribution in [1.29, 1.82) is 0 Å². The molecule has 0 saturated carbocycles. The fourth-order valence-corrected chi connectivity index (χ4v) is 2.20. The first-order valence-electron chi connectivity index (χ1n) is 5.31. The van der Waals surface area contributed by atoms with Crippen LogP contribution < -0.4 is 0 Å². The molecule has 0 aliphatic rings. The summed E-state index contributed by atoms with van der Waals surface area (Å²) in [6.07, 6.45) is 1.10. The minimum Gasteiger partial charge on any atom is -0.460 e. The Morgan fingerprint density at radius 2 is 1.94 bits per heavy atom. The van der Waals surface area contributed by atoms with E-state index < -0.39 is 21.6 Å². The van der Waals surface area contributed by atoms with Crippen molar-refractivity contribution in [3.63, 3.8) is 0 Å². The van der Waals surface area contributed by atoms with Crippen molar-refractivity contribution in [1.82, 2.24) is 0 Å². The molecule has 0 spiro atoms. The molecule has 1 rings (SSSR count). The first-order chi connectivity index (χ1) is 8.33. The van der Waals surface area contributed by atoms with Gasteiger partial charge in [0, 0.05) is 11.8 Å². The maximum Gasteiger partial charge on any atom is 0.379 e. The molecular weight excluding hydrogens is 256 g/mol. The highest BCUT2D eigenvalue weighted by molar-refractivity contribution is 7.89. The third kappa shape index (κ3) is 4.29. The zero-order chi connectivity index (χ0) is 13.8. The van der Waals surface area contributed by atoms with Gasteiger partial charge in [-0.25, -0.2) is 13.2 Å². The van der Waals surface area contributed by atoms with Gasteiger partial charge < -0.3 is 4.74 Å². The Morgan fingerprint density at radius 1 is 1.28 bits per heavy atom. The predicted octanol–water partition coefficient (Wildman–Crippen LogP) is 0.977. The smallest absolute Gasteiger partial charge is 0.379 e. The fourth-order valence-electron chi connectivity index (χ4n) is 1.42. The SMILES string of the molecule is CCOC(=O)C(=O)c1cccc(CS(C)(=O)=O)c1. The largest absolute Gasteiger partial charge is 0.460 e. The average molecular weight is 270 g/mol. The van der Waals surface area contributed by atoms with Crippen LogP contribution in [0.3, 0.4) is 0 Å². The summed E-state index contributed by atoms with van der Waals surface area (Å²) in [5, 5.41) is 0. The summed E-state index contributed by atoms with van der Waals surface area (Å²) in [7, 11) is -3.18. The van der Waals surface area contributed by atoms with Crippen LogP contribution in [0.25, 0.3) is 0 Å². The number of ether oxygens (including phenoxy) is 1. The summed E-state index contributed by atoms with van der Waals surface area (Å²) >= 11 is 0. The molecule has 0 aromatic heterocycles. The second-order valence-corrected chi connectivity index (χ2v) is 5.96. The Kier molecular flexibility index (Phi) is 4.61. The molecule has 0 heterocycles. The van der Waals surface area contributed by atoms with Crippen LogP contribution in [0.15, 0.2) is 24.3 Å². The summed E-state index contributed by atoms with van der Waals surface area (Å²) in [4.78, 5) is 22.9. The van der Waals surface area contributed by atoms with E-state index in [4.69, 9.17) is 0 Å². The number of hydrogen-bond donors (Lipinski definition) is 0. The Hall–Kier alpha value is -1.69. The summed E-state index contributed by atoms with van der Waals surface area (Å²) in [6.45, 7) is 1.72. The lowest BCUT2D eigenvalue weighted by molar-refractivity contribution is -0.137. The lowest BCUT2D eigenvalue weighted by atomic mass is 10.1. The summed E-state index contributed by atoms with van der Waals surface area (Å²) < 4.78 is 26.9. The highest BCUT2D eigenvalue weighted by Crippen LogP contribution is 2.10. The van der Waals surface area contributed by atoms with Crippen molar-refractivity contribution in [2.45, 2.75) is 12.7 Å². The number of sulfone groups is 1. The van der Waals surface area contributed by atoms with Crippen LogP contribution in [-0.4, -0.2) is 33.0 Å². The Bertz CT molecular complexity index is 560. The standard InChI is InChI=1S/C12H14O5S/c1-3-17-12(14)11(13)10-6-4-5-9(7-10)8-18(2,15)16/h4-7H,3,8H2,1-2H3. The molecule has 0 N–H and O–H groups in total. The van der Waals surface area contributed by atoms with Crippen molar-refractivity contribution < 1.29 is 22.7 Å². The normalized spacial score (nSPS) is 11.0. The number of hydrogen-bond acceptors (Lipinski definition) is 5. The molecule has 98 valence electrons. The van der Waals surface area contributed by atoms with E-state index in [0.717, 1.165) is 6.26 Å². The average Bonchev–Trinajstić information content (AvgIpc) is 2.26. The summed E-state index contributed by atoms with van der Waals surface area (Å²) in [6, 6.07) is 5.96. The lowest BCUT2D eigenvalue weighted by Gasteiger charge is -2.03. The highest BCUT2D eigenvalue weighted by Gasteiger charge is 2.18. The third-order valence-corrected chi connectivity index (χ3v) is 2.94. The van der Waals surface area contributed by atoms with Crippen molar-refractivity contribution in [3.8, 4) is 0 Å². The van der Waals surface area contributed by atoms with Gasteiger partial charge in [-0.15, -0.1) is 0 Å². The molecule has 0 unspecified atom stereocenters. The van der Waals surface area contributed by atoms with E-state index in [9.17, 15) is 18.0 Å². The van der Waals surface area contributed by atoms with Crippen molar-refractivity contribution in [2.24, 2.45) is 0 Å². The number of carbonyl (C=O) groups excluding carboxylic acids is 2. The van der Waals surface area contributed by atoms with Crippen LogP contribution in [0.2, 0.25) is 0 Å². The van der Waals surface area contributed by atoms with E-state index in [1.165, 1.54) is 18.2 Å². The lowest BCUT2D eigenvalue weighted by Crippen LogP contribution is -2.17. The monoisotopic (exact) mass is 270 g/mol. The van der Waals surface area contributed by atoms with Gasteiger partial charge in [0.15, 0.2) is 9.84 Å². The number of rotatable bonds is 5. The van der Waals surface area contributed by atoms with Gasteiger partial charge in [0.05, 0.1) is 12.4 Å². The Morgan fingerprint density at radius 3 is 2.50 bits per heavy atom.